The molecule has 0 saturated carbocycles. The van der Waals surface area contributed by atoms with E-state index in [4.69, 9.17) is 0 Å². The molecule has 0 amide bonds. The van der Waals surface area contributed by atoms with Gasteiger partial charge in [-0.05, 0) is 69.0 Å². The third kappa shape index (κ3) is 11.8. The van der Waals surface area contributed by atoms with Crippen LogP contribution in [0.4, 0.5) is 5.82 Å². The number of quaternary nitrogens is 1. The monoisotopic (exact) mass is 581 g/mol. The highest BCUT2D eigenvalue weighted by Gasteiger charge is 2.24. The van der Waals surface area contributed by atoms with Crippen LogP contribution in [-0.2, 0) is 10.0 Å². The predicted octanol–water partition coefficient (Wildman–Crippen LogP) is 9.55. The Morgan fingerprint density at radius 3 is 1.71 bits per heavy atom. The van der Waals surface area contributed by atoms with Crippen LogP contribution in [0.15, 0.2) is 88.2 Å². The zero-order chi connectivity index (χ0) is 30.0. The Morgan fingerprint density at radius 1 is 0.707 bits per heavy atom. The second-order valence-corrected chi connectivity index (χ2v) is 12.4. The minimum atomic E-state index is -3.85. The topological polar surface area (TPSA) is 77.9 Å². The van der Waals surface area contributed by atoms with Gasteiger partial charge in [0.2, 0.25) is 10.0 Å². The van der Waals surface area contributed by atoms with Crippen molar-refractivity contribution in [1.82, 2.24) is 4.57 Å². The molecule has 41 heavy (non-hydrogen) atoms. The third-order valence-electron chi connectivity index (χ3n) is 7.32. The molecule has 226 valence electrons. The minimum Gasteiger partial charge on any atom is -0.333 e. The van der Waals surface area contributed by atoms with Crippen molar-refractivity contribution in [2.45, 2.75) is 90.9 Å². The fourth-order valence-electron chi connectivity index (χ4n) is 4.77. The lowest BCUT2D eigenvalue weighted by molar-refractivity contribution is -0.929. The summed E-state index contributed by atoms with van der Waals surface area (Å²) < 4.78 is 27.4. The van der Waals surface area contributed by atoms with Crippen LogP contribution < -0.4 is 0 Å². The zero-order valence-corrected chi connectivity index (χ0v) is 26.7. The molecule has 0 aliphatic rings. The van der Waals surface area contributed by atoms with Crippen LogP contribution in [0.5, 0.6) is 0 Å². The number of benzene rings is 2. The van der Waals surface area contributed by atoms with Gasteiger partial charge in [0.05, 0.1) is 31.1 Å². The summed E-state index contributed by atoms with van der Waals surface area (Å²) in [5.74, 6) is 0.490. The Hall–Kier alpha value is -2.97. The molecule has 0 aliphatic heterocycles. The molecule has 0 spiro atoms. The van der Waals surface area contributed by atoms with Gasteiger partial charge in [-0.2, -0.15) is 0 Å². The third-order valence-corrected chi connectivity index (χ3v) is 8.47. The van der Waals surface area contributed by atoms with Crippen LogP contribution in [0.1, 0.15) is 84.6 Å². The first-order chi connectivity index (χ1) is 19.8. The molecule has 0 saturated heterocycles. The van der Waals surface area contributed by atoms with Crippen molar-refractivity contribution in [3.05, 3.63) is 83.3 Å². The quantitative estimate of drug-likeness (QED) is 0.0904. The number of hydrogen-bond donors (Lipinski definition) is 0. The molecule has 8 heteroatoms. The summed E-state index contributed by atoms with van der Waals surface area (Å²) in [6.07, 6.45) is 12.9. The second-order valence-electron chi connectivity index (χ2n) is 10.8. The van der Waals surface area contributed by atoms with Crippen molar-refractivity contribution < 1.29 is 12.9 Å². The molecule has 0 atom stereocenters. The molecule has 0 aliphatic carbocycles. The smallest absolute Gasteiger partial charge is 0.215 e. The molecule has 0 N–H and O–H groups in total. The van der Waals surface area contributed by atoms with Crippen molar-refractivity contribution in [3.8, 4) is 5.69 Å². The first-order valence-electron chi connectivity index (χ1n) is 15.3. The Morgan fingerprint density at radius 2 is 1.22 bits per heavy atom. The van der Waals surface area contributed by atoms with Gasteiger partial charge in [0.1, 0.15) is 0 Å². The van der Waals surface area contributed by atoms with E-state index in [9.17, 15) is 8.42 Å². The maximum Gasteiger partial charge on any atom is 0.215 e. The van der Waals surface area contributed by atoms with Gasteiger partial charge in [-0.3, -0.25) is 10.1 Å². The highest BCUT2D eigenvalue weighted by molar-refractivity contribution is 7.93. The summed E-state index contributed by atoms with van der Waals surface area (Å²) >= 11 is 0. The normalized spacial score (nSPS) is 11.8. The van der Waals surface area contributed by atoms with E-state index < -0.39 is 10.0 Å². The lowest BCUT2D eigenvalue weighted by Crippen LogP contribution is -2.50. The van der Waals surface area contributed by atoms with Crippen molar-refractivity contribution in [3.63, 3.8) is 0 Å². The van der Waals surface area contributed by atoms with Gasteiger partial charge in [-0.15, -0.1) is 0 Å². The van der Waals surface area contributed by atoms with Gasteiger partial charge in [0, 0.05) is 17.7 Å². The van der Waals surface area contributed by atoms with Gasteiger partial charge in [0.25, 0.3) is 0 Å². The summed E-state index contributed by atoms with van der Waals surface area (Å²) in [6, 6.07) is 19.5. The highest BCUT2D eigenvalue weighted by atomic mass is 32.2. The average molecular weight is 582 g/mol. The van der Waals surface area contributed by atoms with E-state index >= 15 is 0 Å². The molecule has 3 aromatic rings. The Bertz CT molecular complexity index is 1200. The van der Waals surface area contributed by atoms with Crippen LogP contribution in [0.3, 0.4) is 0 Å². The molecule has 7 nitrogen and oxygen atoms in total. The molecule has 1 aromatic heterocycles. The number of hydrogen-bond acceptors (Lipinski definition) is 4. The fourth-order valence-corrected chi connectivity index (χ4v) is 5.48. The number of nitrogens with zero attached hydrogens (tertiary/aromatic N) is 5. The Balaban J connectivity index is 0.000000307. The standard InChI is InChI=1S/C17H15N4O2S.C16H36N/c1-14-9-11-16(12-10-14)24(22,23)20-19-18-17-8-5-13-21(17)15-6-3-2-4-7-15;1-5-9-13-17(14-10-6-2,15-11-7-3)16-12-8-4/h2-13H,1H3;5-16H2,1-4H3/q-1;+1. The van der Waals surface area contributed by atoms with E-state index in [0.717, 1.165) is 11.3 Å². The molecule has 0 radical (unpaired) electrons. The van der Waals surface area contributed by atoms with E-state index in [2.05, 4.69) is 42.9 Å². The number of sulfonamides is 1. The zero-order valence-electron chi connectivity index (χ0n) is 25.9. The molecule has 1 heterocycles. The summed E-state index contributed by atoms with van der Waals surface area (Å²) in [5.41, 5.74) is 1.87. The SMILES string of the molecule is CCCC[N+](CCCC)(CCCC)CCCC.Cc1ccc(S(=O)(=O)[N-]/N=N/c2cccn2-c2ccccc2)cc1. The van der Waals surface area contributed by atoms with Gasteiger partial charge in [-0.1, -0.05) is 89.3 Å². The van der Waals surface area contributed by atoms with E-state index in [0.29, 0.717) is 5.82 Å². The summed E-state index contributed by atoms with van der Waals surface area (Å²) in [5, 5.41) is 7.42. The molecule has 0 fully saturated rings. The molecule has 0 bridgehead atoms. The number of unbranched alkanes of at least 4 members (excludes halogenated alkanes) is 4. The lowest BCUT2D eigenvalue weighted by atomic mass is 10.1. The van der Waals surface area contributed by atoms with Crippen molar-refractivity contribution in [2.24, 2.45) is 10.3 Å². The van der Waals surface area contributed by atoms with Crippen molar-refractivity contribution in [2.75, 3.05) is 26.2 Å². The molecule has 3 rings (SSSR count). The van der Waals surface area contributed by atoms with Gasteiger partial charge < -0.3 is 14.2 Å². The summed E-state index contributed by atoms with van der Waals surface area (Å²) in [4.78, 5) is 3.47. The molecular formula is C33H51N5O2S. The van der Waals surface area contributed by atoms with Crippen LogP contribution >= 0.6 is 0 Å². The highest BCUT2D eigenvalue weighted by Crippen LogP contribution is 2.23. The van der Waals surface area contributed by atoms with Crippen LogP contribution in [0, 0.1) is 6.92 Å². The predicted molar refractivity (Wildman–Crippen MR) is 171 cm³/mol. The minimum absolute atomic E-state index is 0.0884. The van der Waals surface area contributed by atoms with E-state index in [1.54, 1.807) is 28.8 Å². The largest absolute Gasteiger partial charge is 0.333 e. The van der Waals surface area contributed by atoms with Crippen LogP contribution in [-0.4, -0.2) is 43.6 Å². The maximum absolute atomic E-state index is 12.1. The number of aromatic nitrogens is 1. The Labute approximate surface area is 249 Å². The summed E-state index contributed by atoms with van der Waals surface area (Å²) in [6.45, 7) is 16.9. The van der Waals surface area contributed by atoms with Crippen LogP contribution in [0.2, 0.25) is 0 Å². The number of aryl methyl sites for hydroxylation is 1. The van der Waals surface area contributed by atoms with Gasteiger partial charge in [-0.25, -0.2) is 8.42 Å². The van der Waals surface area contributed by atoms with Gasteiger partial charge >= 0.3 is 0 Å². The van der Waals surface area contributed by atoms with E-state index in [-0.39, 0.29) is 4.90 Å². The van der Waals surface area contributed by atoms with Gasteiger partial charge in [0.15, 0.2) is 0 Å². The first-order valence-corrected chi connectivity index (χ1v) is 16.8. The fraction of sp³-hybridized carbons (Fsp3) is 0.515. The number of para-hydroxylation sites is 1. The Kier molecular flexibility index (Phi) is 15.4. The van der Waals surface area contributed by atoms with E-state index in [1.807, 2.05) is 43.5 Å². The molecule has 0 unspecified atom stereocenters. The molecular weight excluding hydrogens is 530 g/mol. The van der Waals surface area contributed by atoms with E-state index in [1.165, 1.54) is 94.2 Å². The average Bonchev–Trinajstić information content (AvgIpc) is 3.46. The maximum atomic E-state index is 12.1. The lowest BCUT2D eigenvalue weighted by Gasteiger charge is -2.39. The van der Waals surface area contributed by atoms with Crippen molar-refractivity contribution in [1.29, 1.82) is 0 Å². The first kappa shape index (κ1) is 34.2. The summed E-state index contributed by atoms with van der Waals surface area (Å²) in [7, 11) is -3.85. The van der Waals surface area contributed by atoms with Crippen LogP contribution in [0.25, 0.3) is 10.5 Å². The molecule has 2 aromatic carbocycles. The second kappa shape index (κ2) is 18.5. The number of rotatable bonds is 17. The van der Waals surface area contributed by atoms with Crippen molar-refractivity contribution >= 4 is 15.8 Å².